The summed E-state index contributed by atoms with van der Waals surface area (Å²) in [5.74, 6) is -0.235. The topological polar surface area (TPSA) is 96.0 Å². The fourth-order valence-electron chi connectivity index (χ4n) is 5.02. The molecule has 0 aliphatic rings. The molecule has 0 spiro atoms. The summed E-state index contributed by atoms with van der Waals surface area (Å²) in [5, 5.41) is 3.06. The van der Waals surface area contributed by atoms with Gasteiger partial charge in [0.25, 0.3) is 10.0 Å². The van der Waals surface area contributed by atoms with E-state index in [1.54, 1.807) is 36.4 Å². The Labute approximate surface area is 286 Å². The highest BCUT2D eigenvalue weighted by Crippen LogP contribution is 2.28. The normalized spacial score (nSPS) is 12.5. The van der Waals surface area contributed by atoms with Gasteiger partial charge in [-0.15, -0.1) is 0 Å². The molecule has 2 amide bonds. The quantitative estimate of drug-likeness (QED) is 0.144. The van der Waals surface area contributed by atoms with E-state index in [1.807, 2.05) is 82.3 Å². The Morgan fingerprint density at radius 3 is 2.09 bits per heavy atom. The Morgan fingerprint density at radius 2 is 1.49 bits per heavy atom. The number of hydrogen-bond acceptors (Lipinski definition) is 5. The Kier molecular flexibility index (Phi) is 12.6. The van der Waals surface area contributed by atoms with E-state index in [-0.39, 0.29) is 29.8 Å². The lowest BCUT2D eigenvalue weighted by molar-refractivity contribution is -0.140. The van der Waals surface area contributed by atoms with E-state index in [9.17, 15) is 18.0 Å². The average Bonchev–Trinajstić information content (AvgIpc) is 3.07. The maximum atomic E-state index is 14.6. The number of ether oxygens (including phenoxy) is 1. The standard InChI is InChI=1S/C37H42BrN3O5S/c1-5-28(4)39-37(43)35(24-29-10-8-7-9-11-29)40(25-30-14-12-27(3)13-15-30)36(42)26-41(32-18-20-33(21-19-32)46-6-2)47(44,45)34-22-16-31(38)17-23-34/h7-23,28,35H,5-6,24-26H2,1-4H3,(H,39,43)/t28-,35+/m1/s1. The van der Waals surface area contributed by atoms with Crippen LogP contribution in [0.5, 0.6) is 5.75 Å². The van der Waals surface area contributed by atoms with Crippen LogP contribution in [0.25, 0.3) is 0 Å². The van der Waals surface area contributed by atoms with E-state index in [1.165, 1.54) is 17.0 Å². The second-order valence-electron chi connectivity index (χ2n) is 11.4. The predicted molar refractivity (Wildman–Crippen MR) is 190 cm³/mol. The van der Waals surface area contributed by atoms with E-state index in [4.69, 9.17) is 4.74 Å². The van der Waals surface area contributed by atoms with Crippen LogP contribution in [0.3, 0.4) is 0 Å². The number of hydrogen-bond donors (Lipinski definition) is 1. The summed E-state index contributed by atoms with van der Waals surface area (Å²) in [7, 11) is -4.21. The van der Waals surface area contributed by atoms with Crippen LogP contribution in [0.4, 0.5) is 5.69 Å². The van der Waals surface area contributed by atoms with Gasteiger partial charge in [-0.1, -0.05) is 83.0 Å². The smallest absolute Gasteiger partial charge is 0.264 e. The molecule has 0 saturated heterocycles. The SMILES string of the molecule is CCOc1ccc(N(CC(=O)N(Cc2ccc(C)cc2)[C@@H](Cc2ccccc2)C(=O)N[C@H](C)CC)S(=O)(=O)c2ccc(Br)cc2)cc1. The van der Waals surface area contributed by atoms with Gasteiger partial charge >= 0.3 is 0 Å². The number of aryl methyl sites for hydroxylation is 1. The molecule has 0 radical (unpaired) electrons. The van der Waals surface area contributed by atoms with Gasteiger partial charge in [-0.2, -0.15) is 0 Å². The van der Waals surface area contributed by atoms with Gasteiger partial charge in [0, 0.05) is 23.5 Å². The zero-order valence-electron chi connectivity index (χ0n) is 27.2. The summed E-state index contributed by atoms with van der Waals surface area (Å²) in [6, 6.07) is 29.1. The summed E-state index contributed by atoms with van der Waals surface area (Å²) in [4.78, 5) is 30.1. The molecule has 0 bridgehead atoms. The van der Waals surface area contributed by atoms with Crippen molar-refractivity contribution in [2.75, 3.05) is 17.5 Å². The van der Waals surface area contributed by atoms with Crippen LogP contribution < -0.4 is 14.4 Å². The lowest BCUT2D eigenvalue weighted by Crippen LogP contribution is -2.54. The molecule has 0 aliphatic carbocycles. The fourth-order valence-corrected chi connectivity index (χ4v) is 6.70. The number of carbonyl (C=O) groups excluding carboxylic acids is 2. The van der Waals surface area contributed by atoms with Crippen LogP contribution in [-0.2, 0) is 32.6 Å². The number of nitrogens with one attached hydrogen (secondary N) is 1. The van der Waals surface area contributed by atoms with Crippen molar-refractivity contribution in [3.8, 4) is 5.75 Å². The van der Waals surface area contributed by atoms with E-state index in [0.717, 1.165) is 25.5 Å². The lowest BCUT2D eigenvalue weighted by atomic mass is 10.0. The third kappa shape index (κ3) is 9.68. The minimum atomic E-state index is -4.21. The molecule has 0 fully saturated rings. The molecule has 4 rings (SSSR count). The Bertz CT molecular complexity index is 1720. The van der Waals surface area contributed by atoms with Gasteiger partial charge in [-0.3, -0.25) is 13.9 Å². The second kappa shape index (κ2) is 16.6. The number of rotatable bonds is 15. The zero-order chi connectivity index (χ0) is 34.0. The van der Waals surface area contributed by atoms with Gasteiger partial charge in [0.1, 0.15) is 18.3 Å². The van der Waals surface area contributed by atoms with Crippen LogP contribution >= 0.6 is 15.9 Å². The number of amides is 2. The third-order valence-corrected chi connectivity index (χ3v) is 10.2. The van der Waals surface area contributed by atoms with E-state index >= 15 is 0 Å². The summed E-state index contributed by atoms with van der Waals surface area (Å²) >= 11 is 3.37. The highest BCUT2D eigenvalue weighted by atomic mass is 79.9. The molecule has 0 heterocycles. The van der Waals surface area contributed by atoms with Crippen molar-refractivity contribution in [3.63, 3.8) is 0 Å². The van der Waals surface area contributed by atoms with Gasteiger partial charge in [-0.25, -0.2) is 8.42 Å². The summed E-state index contributed by atoms with van der Waals surface area (Å²) in [6.07, 6.45) is 0.968. The number of nitrogens with zero attached hydrogens (tertiary/aromatic N) is 2. The van der Waals surface area contributed by atoms with Crippen LogP contribution in [0.15, 0.2) is 112 Å². The third-order valence-electron chi connectivity index (χ3n) is 7.86. The number of halogens is 1. The van der Waals surface area contributed by atoms with Crippen molar-refractivity contribution >= 4 is 43.5 Å². The van der Waals surface area contributed by atoms with Crippen LogP contribution in [0.1, 0.15) is 43.9 Å². The molecular formula is C37H42BrN3O5S. The minimum Gasteiger partial charge on any atom is -0.494 e. The highest BCUT2D eigenvalue weighted by molar-refractivity contribution is 9.10. The van der Waals surface area contributed by atoms with Crippen molar-refractivity contribution in [1.82, 2.24) is 10.2 Å². The first-order chi connectivity index (χ1) is 22.5. The first-order valence-electron chi connectivity index (χ1n) is 15.7. The van der Waals surface area contributed by atoms with Gasteiger partial charge < -0.3 is 15.0 Å². The zero-order valence-corrected chi connectivity index (χ0v) is 29.6. The molecule has 4 aromatic rings. The molecule has 248 valence electrons. The first kappa shape index (κ1) is 35.7. The van der Waals surface area contributed by atoms with Gasteiger partial charge in [0.05, 0.1) is 17.2 Å². The maximum absolute atomic E-state index is 14.6. The number of carbonyl (C=O) groups is 2. The summed E-state index contributed by atoms with van der Waals surface area (Å²) in [6.45, 7) is 7.78. The largest absolute Gasteiger partial charge is 0.494 e. The number of benzene rings is 4. The second-order valence-corrected chi connectivity index (χ2v) is 14.2. The summed E-state index contributed by atoms with van der Waals surface area (Å²) < 4.78 is 35.8. The van der Waals surface area contributed by atoms with Crippen molar-refractivity contribution in [1.29, 1.82) is 0 Å². The predicted octanol–water partition coefficient (Wildman–Crippen LogP) is 6.91. The molecule has 0 aliphatic heterocycles. The molecule has 0 aromatic heterocycles. The van der Waals surface area contributed by atoms with E-state index in [0.29, 0.717) is 24.5 Å². The fraction of sp³-hybridized carbons (Fsp3) is 0.297. The minimum absolute atomic E-state index is 0.0304. The number of anilines is 1. The molecule has 47 heavy (non-hydrogen) atoms. The Morgan fingerprint density at radius 1 is 0.851 bits per heavy atom. The van der Waals surface area contributed by atoms with Crippen LogP contribution in [-0.4, -0.2) is 50.4 Å². The van der Waals surface area contributed by atoms with Crippen molar-refractivity contribution in [2.45, 2.75) is 64.1 Å². The molecule has 0 saturated carbocycles. The molecule has 0 unspecified atom stereocenters. The molecule has 8 nitrogen and oxygen atoms in total. The average molecular weight is 721 g/mol. The van der Waals surface area contributed by atoms with Gasteiger partial charge in [-0.05, 0) is 86.8 Å². The van der Waals surface area contributed by atoms with Crippen LogP contribution in [0, 0.1) is 6.92 Å². The molecule has 1 N–H and O–H groups in total. The van der Waals surface area contributed by atoms with Crippen molar-refractivity contribution in [3.05, 3.63) is 124 Å². The lowest BCUT2D eigenvalue weighted by Gasteiger charge is -2.34. The Balaban J connectivity index is 1.80. The van der Waals surface area contributed by atoms with Crippen molar-refractivity contribution in [2.24, 2.45) is 0 Å². The van der Waals surface area contributed by atoms with Gasteiger partial charge in [0.2, 0.25) is 11.8 Å². The monoisotopic (exact) mass is 719 g/mol. The summed E-state index contributed by atoms with van der Waals surface area (Å²) in [5.41, 5.74) is 3.05. The molecular weight excluding hydrogens is 678 g/mol. The highest BCUT2D eigenvalue weighted by Gasteiger charge is 2.35. The van der Waals surface area contributed by atoms with Crippen molar-refractivity contribution < 1.29 is 22.7 Å². The molecule has 2 atom stereocenters. The maximum Gasteiger partial charge on any atom is 0.264 e. The molecule has 4 aromatic carbocycles. The van der Waals surface area contributed by atoms with E-state index in [2.05, 4.69) is 21.2 Å². The van der Waals surface area contributed by atoms with Gasteiger partial charge in [0.15, 0.2) is 0 Å². The van der Waals surface area contributed by atoms with Crippen LogP contribution in [0.2, 0.25) is 0 Å². The number of sulfonamides is 1. The van der Waals surface area contributed by atoms with E-state index < -0.39 is 28.5 Å². The first-order valence-corrected chi connectivity index (χ1v) is 18.0. The molecule has 10 heteroatoms. The Hall–Kier alpha value is -4.15.